The van der Waals surface area contributed by atoms with E-state index in [1.165, 1.54) is 0 Å². The van der Waals surface area contributed by atoms with Crippen LogP contribution >= 0.6 is 0 Å². The minimum Gasteiger partial charge on any atom is -0.480 e. The van der Waals surface area contributed by atoms with Crippen molar-refractivity contribution in [1.29, 1.82) is 0 Å². The smallest absolute Gasteiger partial charge is 0.326 e. The molecule has 1 aromatic carbocycles. The number of benzene rings is 1. The van der Waals surface area contributed by atoms with Crippen molar-refractivity contribution in [2.24, 2.45) is 0 Å². The van der Waals surface area contributed by atoms with E-state index in [1.54, 1.807) is 18.9 Å². The molecule has 0 saturated carbocycles. The van der Waals surface area contributed by atoms with Crippen molar-refractivity contribution in [2.75, 3.05) is 11.9 Å². The highest BCUT2D eigenvalue weighted by atomic mass is 16.4. The van der Waals surface area contributed by atoms with Gasteiger partial charge >= 0.3 is 5.97 Å². The highest BCUT2D eigenvalue weighted by molar-refractivity contribution is 5.83. The SMILES string of the molecule is Cc1cc2ccccc2nc1N(C)C(C)C(=O)O. The number of hydrogen-bond acceptors (Lipinski definition) is 3. The first-order valence-corrected chi connectivity index (χ1v) is 5.82. The van der Waals surface area contributed by atoms with E-state index in [0.29, 0.717) is 5.82 Å². The highest BCUT2D eigenvalue weighted by Crippen LogP contribution is 2.23. The van der Waals surface area contributed by atoms with E-state index in [-0.39, 0.29) is 0 Å². The minimum atomic E-state index is -0.855. The summed E-state index contributed by atoms with van der Waals surface area (Å²) in [6.45, 7) is 3.60. The van der Waals surface area contributed by atoms with Crippen molar-refractivity contribution < 1.29 is 9.90 Å². The van der Waals surface area contributed by atoms with Gasteiger partial charge in [-0.2, -0.15) is 0 Å². The first kappa shape index (κ1) is 12.4. The van der Waals surface area contributed by atoms with Crippen molar-refractivity contribution in [3.8, 4) is 0 Å². The van der Waals surface area contributed by atoms with Crippen molar-refractivity contribution in [1.82, 2.24) is 4.98 Å². The fraction of sp³-hybridized carbons (Fsp3) is 0.286. The maximum absolute atomic E-state index is 11.0. The Morgan fingerprint density at radius 1 is 1.39 bits per heavy atom. The average molecular weight is 244 g/mol. The molecule has 0 spiro atoms. The van der Waals surface area contributed by atoms with Crippen LogP contribution in [0.3, 0.4) is 0 Å². The molecule has 0 saturated heterocycles. The highest BCUT2D eigenvalue weighted by Gasteiger charge is 2.19. The summed E-state index contributed by atoms with van der Waals surface area (Å²) in [6, 6.07) is 9.25. The first-order valence-electron chi connectivity index (χ1n) is 5.82. The largest absolute Gasteiger partial charge is 0.480 e. The van der Waals surface area contributed by atoms with Crippen molar-refractivity contribution in [2.45, 2.75) is 19.9 Å². The number of para-hydroxylation sites is 1. The van der Waals surface area contributed by atoms with Gasteiger partial charge in [-0.1, -0.05) is 18.2 Å². The summed E-state index contributed by atoms with van der Waals surface area (Å²) >= 11 is 0. The average Bonchev–Trinajstić information content (AvgIpc) is 2.36. The van der Waals surface area contributed by atoms with Crippen LogP contribution in [-0.4, -0.2) is 29.1 Å². The van der Waals surface area contributed by atoms with Gasteiger partial charge in [0.15, 0.2) is 0 Å². The third kappa shape index (κ3) is 2.14. The van der Waals surface area contributed by atoms with E-state index in [9.17, 15) is 4.79 Å². The van der Waals surface area contributed by atoms with Crippen LogP contribution in [0.4, 0.5) is 5.82 Å². The van der Waals surface area contributed by atoms with Crippen molar-refractivity contribution >= 4 is 22.7 Å². The molecule has 0 bridgehead atoms. The zero-order valence-electron chi connectivity index (χ0n) is 10.7. The van der Waals surface area contributed by atoms with Gasteiger partial charge in [0.2, 0.25) is 0 Å². The second-order valence-electron chi connectivity index (χ2n) is 4.45. The Balaban J connectivity index is 2.50. The molecule has 18 heavy (non-hydrogen) atoms. The Labute approximate surface area is 106 Å². The van der Waals surface area contributed by atoms with Gasteiger partial charge < -0.3 is 10.0 Å². The number of aliphatic carboxylic acids is 1. The van der Waals surface area contributed by atoms with Crippen molar-refractivity contribution in [3.05, 3.63) is 35.9 Å². The number of pyridine rings is 1. The number of carbonyl (C=O) groups is 1. The number of aromatic nitrogens is 1. The number of carboxylic acid groups (broad SMARTS) is 1. The maximum Gasteiger partial charge on any atom is 0.326 e. The van der Waals surface area contributed by atoms with Crippen LogP contribution in [-0.2, 0) is 4.79 Å². The lowest BCUT2D eigenvalue weighted by atomic mass is 10.1. The molecular weight excluding hydrogens is 228 g/mol. The molecule has 1 atom stereocenters. The molecule has 0 fully saturated rings. The van der Waals surface area contributed by atoms with Crippen LogP contribution in [0.15, 0.2) is 30.3 Å². The molecule has 94 valence electrons. The van der Waals surface area contributed by atoms with Crippen LogP contribution in [0.1, 0.15) is 12.5 Å². The van der Waals surface area contributed by atoms with Crippen molar-refractivity contribution in [3.63, 3.8) is 0 Å². The van der Waals surface area contributed by atoms with E-state index in [1.807, 2.05) is 37.3 Å². The van der Waals surface area contributed by atoms with Gasteiger partial charge in [-0.05, 0) is 31.5 Å². The number of nitrogens with zero attached hydrogens (tertiary/aromatic N) is 2. The molecule has 0 radical (unpaired) electrons. The summed E-state index contributed by atoms with van der Waals surface area (Å²) in [7, 11) is 1.75. The lowest BCUT2D eigenvalue weighted by Gasteiger charge is -2.24. The molecule has 0 aliphatic rings. The quantitative estimate of drug-likeness (QED) is 0.901. The Morgan fingerprint density at radius 3 is 2.72 bits per heavy atom. The number of aryl methyl sites for hydroxylation is 1. The molecule has 4 nitrogen and oxygen atoms in total. The fourth-order valence-electron chi connectivity index (χ4n) is 1.92. The summed E-state index contributed by atoms with van der Waals surface area (Å²) in [5, 5.41) is 10.1. The Morgan fingerprint density at radius 2 is 2.06 bits per heavy atom. The first-order chi connectivity index (χ1) is 8.50. The molecule has 1 N–H and O–H groups in total. The van der Waals surface area contributed by atoms with Gasteiger partial charge in [0.1, 0.15) is 11.9 Å². The van der Waals surface area contributed by atoms with E-state index in [4.69, 9.17) is 5.11 Å². The molecular formula is C14H16N2O2. The monoisotopic (exact) mass is 244 g/mol. The van der Waals surface area contributed by atoms with E-state index in [2.05, 4.69) is 4.98 Å². The summed E-state index contributed by atoms with van der Waals surface area (Å²) in [5.41, 5.74) is 1.85. The van der Waals surface area contributed by atoms with Gasteiger partial charge in [-0.3, -0.25) is 0 Å². The third-order valence-electron chi connectivity index (χ3n) is 3.16. The maximum atomic E-state index is 11.0. The predicted molar refractivity (Wildman–Crippen MR) is 72.0 cm³/mol. The molecule has 0 amide bonds. The van der Waals surface area contributed by atoms with Crippen LogP contribution in [0.2, 0.25) is 0 Å². The Kier molecular flexibility index (Phi) is 3.19. The van der Waals surface area contributed by atoms with Gasteiger partial charge in [0.05, 0.1) is 5.52 Å². The van der Waals surface area contributed by atoms with Crippen LogP contribution < -0.4 is 4.90 Å². The molecule has 2 aromatic rings. The zero-order valence-corrected chi connectivity index (χ0v) is 10.7. The number of fused-ring (bicyclic) bond motifs is 1. The number of likely N-dealkylation sites (N-methyl/N-ethyl adjacent to an activating group) is 1. The summed E-state index contributed by atoms with van der Waals surface area (Å²) in [4.78, 5) is 17.2. The topological polar surface area (TPSA) is 53.4 Å². The summed E-state index contributed by atoms with van der Waals surface area (Å²) in [5.74, 6) is -0.143. The van der Waals surface area contributed by atoms with E-state index < -0.39 is 12.0 Å². The third-order valence-corrected chi connectivity index (χ3v) is 3.16. The van der Waals surface area contributed by atoms with Crippen LogP contribution in [0.25, 0.3) is 10.9 Å². The number of anilines is 1. The summed E-state index contributed by atoms with van der Waals surface area (Å²) in [6.07, 6.45) is 0. The van der Waals surface area contributed by atoms with Gasteiger partial charge in [0.25, 0.3) is 0 Å². The van der Waals surface area contributed by atoms with Gasteiger partial charge in [0, 0.05) is 12.4 Å². The van der Waals surface area contributed by atoms with Gasteiger partial charge in [-0.15, -0.1) is 0 Å². The lowest BCUT2D eigenvalue weighted by molar-refractivity contribution is -0.138. The predicted octanol–water partition coefficient (Wildman–Crippen LogP) is 2.45. The molecule has 2 rings (SSSR count). The zero-order chi connectivity index (χ0) is 13.3. The van der Waals surface area contributed by atoms with Crippen LogP contribution in [0, 0.1) is 6.92 Å². The molecule has 1 aromatic heterocycles. The van der Waals surface area contributed by atoms with Gasteiger partial charge in [-0.25, -0.2) is 9.78 Å². The Bertz CT molecular complexity index is 595. The molecule has 4 heteroatoms. The lowest BCUT2D eigenvalue weighted by Crippen LogP contribution is -2.36. The minimum absolute atomic E-state index is 0.600. The number of hydrogen-bond donors (Lipinski definition) is 1. The standard InChI is InChI=1S/C14H16N2O2/c1-9-8-11-6-4-5-7-12(11)15-13(9)16(3)10(2)14(17)18/h4-8,10H,1-3H3,(H,17,18). The number of rotatable bonds is 3. The van der Waals surface area contributed by atoms with Crippen LogP contribution in [0.5, 0.6) is 0 Å². The molecule has 1 heterocycles. The normalized spacial score (nSPS) is 12.4. The second-order valence-corrected chi connectivity index (χ2v) is 4.45. The molecule has 0 aliphatic carbocycles. The van der Waals surface area contributed by atoms with E-state index in [0.717, 1.165) is 16.5 Å². The fourth-order valence-corrected chi connectivity index (χ4v) is 1.92. The summed E-state index contributed by atoms with van der Waals surface area (Å²) < 4.78 is 0. The second kappa shape index (κ2) is 4.64. The van der Waals surface area contributed by atoms with E-state index >= 15 is 0 Å². The molecule has 0 aliphatic heterocycles. The Hall–Kier alpha value is -2.10. The molecule has 1 unspecified atom stereocenters. The number of carboxylic acids is 1.